The van der Waals surface area contributed by atoms with Gasteiger partial charge in [-0.1, -0.05) is 29.3 Å². The minimum Gasteiger partial charge on any atom is -0.394 e. The third-order valence-electron chi connectivity index (χ3n) is 2.17. The molecule has 5 heteroatoms. The molecule has 1 aromatic rings. The number of rotatable bonds is 6. The summed E-state index contributed by atoms with van der Waals surface area (Å²) in [5.74, 6) is 0. The van der Waals surface area contributed by atoms with Crippen LogP contribution in [0.4, 0.5) is 0 Å². The van der Waals surface area contributed by atoms with E-state index in [2.05, 4.69) is 5.32 Å². The lowest BCUT2D eigenvalue weighted by atomic mass is 10.1. The quantitative estimate of drug-likeness (QED) is 0.682. The fourth-order valence-electron chi connectivity index (χ4n) is 1.26. The van der Waals surface area contributed by atoms with E-state index in [4.69, 9.17) is 33.4 Å². The third kappa shape index (κ3) is 4.68. The van der Waals surface area contributed by atoms with Crippen LogP contribution in [0.25, 0.3) is 0 Å². The Balaban J connectivity index is 2.29. The molecule has 0 saturated carbocycles. The van der Waals surface area contributed by atoms with E-state index in [1.165, 1.54) is 0 Å². The maximum atomic E-state index is 9.08. The highest BCUT2D eigenvalue weighted by molar-refractivity contribution is 6.42. The zero-order valence-electron chi connectivity index (χ0n) is 8.79. The van der Waals surface area contributed by atoms with Crippen molar-refractivity contribution in [3.05, 3.63) is 33.8 Å². The van der Waals surface area contributed by atoms with Crippen LogP contribution in [0.5, 0.6) is 0 Å². The molecule has 3 N–H and O–H groups in total. The molecule has 0 fully saturated rings. The van der Waals surface area contributed by atoms with Gasteiger partial charge in [0.1, 0.15) is 0 Å². The molecule has 0 amide bonds. The molecule has 0 saturated heterocycles. The Kier molecular flexibility index (Phi) is 6.09. The van der Waals surface area contributed by atoms with Crippen molar-refractivity contribution in [3.8, 4) is 0 Å². The predicted molar refractivity (Wildman–Crippen MR) is 66.1 cm³/mol. The molecule has 0 aliphatic rings. The topological polar surface area (TPSA) is 52.5 Å². The number of hydrogen-bond donors (Lipinski definition) is 3. The molecule has 0 heterocycles. The van der Waals surface area contributed by atoms with E-state index in [9.17, 15) is 0 Å². The Labute approximate surface area is 105 Å². The molecule has 0 aromatic heterocycles. The average molecular weight is 264 g/mol. The van der Waals surface area contributed by atoms with Crippen LogP contribution in [0.1, 0.15) is 5.56 Å². The molecule has 1 aromatic carbocycles. The van der Waals surface area contributed by atoms with Crippen LogP contribution in [-0.2, 0) is 6.42 Å². The van der Waals surface area contributed by atoms with Crippen molar-refractivity contribution in [2.24, 2.45) is 0 Å². The zero-order valence-corrected chi connectivity index (χ0v) is 10.3. The molecule has 1 rings (SSSR count). The smallest absolute Gasteiger partial charge is 0.0894 e. The first-order valence-electron chi connectivity index (χ1n) is 5.07. The van der Waals surface area contributed by atoms with E-state index in [1.54, 1.807) is 6.07 Å². The summed E-state index contributed by atoms with van der Waals surface area (Å²) in [7, 11) is 0. The molecule has 0 spiro atoms. The van der Waals surface area contributed by atoms with E-state index < -0.39 is 6.10 Å². The fraction of sp³-hybridized carbons (Fsp3) is 0.455. The largest absolute Gasteiger partial charge is 0.394 e. The summed E-state index contributed by atoms with van der Waals surface area (Å²) in [5.41, 5.74) is 1.08. The first-order chi connectivity index (χ1) is 7.63. The Morgan fingerprint density at radius 2 is 2.00 bits per heavy atom. The highest BCUT2D eigenvalue weighted by Gasteiger charge is 2.01. The molecule has 0 radical (unpaired) electrons. The lowest BCUT2D eigenvalue weighted by molar-refractivity contribution is 0.0947. The summed E-state index contributed by atoms with van der Waals surface area (Å²) in [4.78, 5) is 0. The lowest BCUT2D eigenvalue weighted by Gasteiger charge is -2.09. The van der Waals surface area contributed by atoms with Gasteiger partial charge >= 0.3 is 0 Å². The van der Waals surface area contributed by atoms with Gasteiger partial charge in [-0.25, -0.2) is 0 Å². The molecule has 0 aliphatic heterocycles. The SMILES string of the molecule is OCC(O)CNCCc1ccc(Cl)c(Cl)c1. The number of halogens is 2. The normalized spacial score (nSPS) is 12.8. The van der Waals surface area contributed by atoms with Crippen molar-refractivity contribution < 1.29 is 10.2 Å². The van der Waals surface area contributed by atoms with E-state index in [1.807, 2.05) is 12.1 Å². The van der Waals surface area contributed by atoms with Gasteiger partial charge in [0.25, 0.3) is 0 Å². The average Bonchev–Trinajstić information content (AvgIpc) is 2.28. The molecule has 16 heavy (non-hydrogen) atoms. The molecule has 90 valence electrons. The Hall–Kier alpha value is -0.320. The number of hydrogen-bond acceptors (Lipinski definition) is 3. The maximum Gasteiger partial charge on any atom is 0.0894 e. The first-order valence-corrected chi connectivity index (χ1v) is 5.82. The highest BCUT2D eigenvalue weighted by Crippen LogP contribution is 2.22. The summed E-state index contributed by atoms with van der Waals surface area (Å²) in [6, 6.07) is 5.51. The second-order valence-electron chi connectivity index (χ2n) is 3.54. The number of benzene rings is 1. The van der Waals surface area contributed by atoms with Crippen LogP contribution in [-0.4, -0.2) is 36.0 Å². The van der Waals surface area contributed by atoms with Crippen LogP contribution in [0.15, 0.2) is 18.2 Å². The molecule has 3 nitrogen and oxygen atoms in total. The van der Waals surface area contributed by atoms with Crippen molar-refractivity contribution in [1.29, 1.82) is 0 Å². The predicted octanol–water partition coefficient (Wildman–Crippen LogP) is 1.48. The molecular formula is C11H15Cl2NO2. The molecule has 0 aliphatic carbocycles. The Morgan fingerprint density at radius 3 is 2.62 bits per heavy atom. The van der Waals surface area contributed by atoms with Gasteiger partial charge in [0.05, 0.1) is 22.8 Å². The number of aliphatic hydroxyl groups excluding tert-OH is 2. The summed E-state index contributed by atoms with van der Waals surface area (Å²) >= 11 is 11.7. The van der Waals surface area contributed by atoms with E-state index in [0.29, 0.717) is 16.6 Å². The highest BCUT2D eigenvalue weighted by atomic mass is 35.5. The van der Waals surface area contributed by atoms with Gasteiger partial charge in [-0.05, 0) is 30.7 Å². The maximum absolute atomic E-state index is 9.08. The van der Waals surface area contributed by atoms with Gasteiger partial charge in [-0.15, -0.1) is 0 Å². The summed E-state index contributed by atoms with van der Waals surface area (Å²) in [5, 5.41) is 21.8. The molecule has 0 bridgehead atoms. The first kappa shape index (κ1) is 13.7. The minimum absolute atomic E-state index is 0.222. The van der Waals surface area contributed by atoms with Crippen molar-refractivity contribution in [2.75, 3.05) is 19.7 Å². The molecule has 1 atom stereocenters. The van der Waals surface area contributed by atoms with Gasteiger partial charge in [-0.2, -0.15) is 0 Å². The number of nitrogens with one attached hydrogen (secondary N) is 1. The van der Waals surface area contributed by atoms with Crippen LogP contribution in [0, 0.1) is 0 Å². The van der Waals surface area contributed by atoms with Crippen molar-refractivity contribution in [2.45, 2.75) is 12.5 Å². The monoisotopic (exact) mass is 263 g/mol. The van der Waals surface area contributed by atoms with Crippen LogP contribution >= 0.6 is 23.2 Å². The third-order valence-corrected chi connectivity index (χ3v) is 2.90. The standard InChI is InChI=1S/C11H15Cl2NO2/c12-10-2-1-8(5-11(10)13)3-4-14-6-9(16)7-15/h1-2,5,9,14-16H,3-4,6-7H2. The van der Waals surface area contributed by atoms with Crippen molar-refractivity contribution in [1.82, 2.24) is 5.32 Å². The fourth-order valence-corrected chi connectivity index (χ4v) is 1.58. The van der Waals surface area contributed by atoms with Crippen molar-refractivity contribution >= 4 is 23.2 Å². The van der Waals surface area contributed by atoms with Gasteiger partial charge in [0.2, 0.25) is 0 Å². The lowest BCUT2D eigenvalue weighted by Crippen LogP contribution is -2.30. The second kappa shape index (κ2) is 7.09. The van der Waals surface area contributed by atoms with Gasteiger partial charge in [0, 0.05) is 6.54 Å². The van der Waals surface area contributed by atoms with Gasteiger partial charge in [-0.3, -0.25) is 0 Å². The van der Waals surface area contributed by atoms with Crippen LogP contribution in [0.3, 0.4) is 0 Å². The molecular weight excluding hydrogens is 249 g/mol. The van der Waals surface area contributed by atoms with Crippen LogP contribution < -0.4 is 5.32 Å². The van der Waals surface area contributed by atoms with E-state index in [0.717, 1.165) is 18.5 Å². The van der Waals surface area contributed by atoms with Gasteiger partial charge in [0.15, 0.2) is 0 Å². The van der Waals surface area contributed by atoms with E-state index >= 15 is 0 Å². The van der Waals surface area contributed by atoms with E-state index in [-0.39, 0.29) is 6.61 Å². The van der Waals surface area contributed by atoms with Gasteiger partial charge < -0.3 is 15.5 Å². The Bertz CT molecular complexity index is 334. The Morgan fingerprint density at radius 1 is 1.25 bits per heavy atom. The second-order valence-corrected chi connectivity index (χ2v) is 4.35. The minimum atomic E-state index is -0.700. The molecule has 1 unspecified atom stereocenters. The summed E-state index contributed by atoms with van der Waals surface area (Å²) < 4.78 is 0. The summed E-state index contributed by atoms with van der Waals surface area (Å²) in [6.45, 7) is 0.882. The zero-order chi connectivity index (χ0) is 12.0. The van der Waals surface area contributed by atoms with Crippen molar-refractivity contribution in [3.63, 3.8) is 0 Å². The van der Waals surface area contributed by atoms with Crippen LogP contribution in [0.2, 0.25) is 10.0 Å². The summed E-state index contributed by atoms with van der Waals surface area (Å²) in [6.07, 6.45) is 0.100. The number of aliphatic hydroxyl groups is 2.